The van der Waals surface area contributed by atoms with E-state index in [1.165, 1.54) is 12.3 Å². The van der Waals surface area contributed by atoms with E-state index in [0.29, 0.717) is 37.3 Å². The molecule has 0 unspecified atom stereocenters. The van der Waals surface area contributed by atoms with Crippen molar-refractivity contribution in [2.75, 3.05) is 6.61 Å². The number of rotatable bonds is 8. The van der Waals surface area contributed by atoms with Gasteiger partial charge in [-0.1, -0.05) is 44.2 Å². The first kappa shape index (κ1) is 26.4. The van der Waals surface area contributed by atoms with Gasteiger partial charge in [0.05, 0.1) is 42.1 Å². The van der Waals surface area contributed by atoms with Gasteiger partial charge in [0, 0.05) is 18.9 Å². The van der Waals surface area contributed by atoms with Crippen LogP contribution in [-0.2, 0) is 24.1 Å². The Morgan fingerprint density at radius 3 is 2.35 bits per heavy atom. The van der Waals surface area contributed by atoms with E-state index >= 15 is 0 Å². The number of amides is 2. The lowest BCUT2D eigenvalue weighted by molar-refractivity contribution is -0.137. The summed E-state index contributed by atoms with van der Waals surface area (Å²) in [5.41, 5.74) is 1.54. The molecule has 0 fully saturated rings. The zero-order chi connectivity index (χ0) is 26.6. The SMILES string of the molecule is CC[C@@H](NC(=O)c1cc(C(=O)N[C@H](CC)c2cncc(C(F)(F)F)c2)n2c1COCC2)c1ccccc1. The van der Waals surface area contributed by atoms with Crippen molar-refractivity contribution in [3.63, 3.8) is 0 Å². The molecule has 196 valence electrons. The second-order valence-corrected chi connectivity index (χ2v) is 8.88. The average Bonchev–Trinajstić information content (AvgIpc) is 3.30. The van der Waals surface area contributed by atoms with Crippen LogP contribution in [0.1, 0.15) is 82.0 Å². The number of carbonyl (C=O) groups is 2. The first-order chi connectivity index (χ1) is 17.7. The molecule has 2 atom stereocenters. The molecule has 2 amide bonds. The number of benzene rings is 1. The van der Waals surface area contributed by atoms with Gasteiger partial charge in [-0.15, -0.1) is 0 Å². The molecule has 3 aromatic rings. The molecule has 10 heteroatoms. The summed E-state index contributed by atoms with van der Waals surface area (Å²) >= 11 is 0. The number of carbonyl (C=O) groups excluding carboxylic acids is 2. The number of halogens is 3. The van der Waals surface area contributed by atoms with Gasteiger partial charge < -0.3 is 19.9 Å². The number of ether oxygens (including phenoxy) is 1. The smallest absolute Gasteiger partial charge is 0.373 e. The number of nitrogens with one attached hydrogen (secondary N) is 2. The fourth-order valence-electron chi connectivity index (χ4n) is 4.51. The molecule has 2 N–H and O–H groups in total. The van der Waals surface area contributed by atoms with E-state index in [2.05, 4.69) is 15.6 Å². The lowest BCUT2D eigenvalue weighted by atomic mass is 10.0. The third kappa shape index (κ3) is 5.85. The largest absolute Gasteiger partial charge is 0.417 e. The Labute approximate surface area is 213 Å². The molecule has 2 aromatic heterocycles. The van der Waals surface area contributed by atoms with Gasteiger partial charge in [-0.25, -0.2) is 0 Å². The summed E-state index contributed by atoms with van der Waals surface area (Å²) < 4.78 is 46.8. The first-order valence-electron chi connectivity index (χ1n) is 12.2. The molecule has 4 rings (SSSR count). The number of aromatic nitrogens is 2. The van der Waals surface area contributed by atoms with Gasteiger partial charge in [-0.2, -0.15) is 13.2 Å². The number of fused-ring (bicyclic) bond motifs is 1. The summed E-state index contributed by atoms with van der Waals surface area (Å²) in [7, 11) is 0. The molecule has 0 saturated carbocycles. The molecule has 1 aromatic carbocycles. The highest BCUT2D eigenvalue weighted by molar-refractivity contribution is 6.01. The Morgan fingerprint density at radius 2 is 1.68 bits per heavy atom. The van der Waals surface area contributed by atoms with Crippen molar-refractivity contribution in [3.8, 4) is 0 Å². The van der Waals surface area contributed by atoms with Gasteiger partial charge in [0.25, 0.3) is 11.8 Å². The van der Waals surface area contributed by atoms with Crippen molar-refractivity contribution < 1.29 is 27.5 Å². The molecule has 0 radical (unpaired) electrons. The van der Waals surface area contributed by atoms with Crippen molar-refractivity contribution in [1.82, 2.24) is 20.2 Å². The topological polar surface area (TPSA) is 85.3 Å². The van der Waals surface area contributed by atoms with Crippen molar-refractivity contribution in [2.24, 2.45) is 0 Å². The van der Waals surface area contributed by atoms with E-state index in [9.17, 15) is 22.8 Å². The predicted molar refractivity (Wildman–Crippen MR) is 131 cm³/mol. The summed E-state index contributed by atoms with van der Waals surface area (Å²) in [6.07, 6.45) is -1.43. The first-order valence-corrected chi connectivity index (χ1v) is 12.2. The van der Waals surface area contributed by atoms with Gasteiger partial charge in [-0.3, -0.25) is 14.6 Å². The molecular formula is C27H29F3N4O3. The minimum Gasteiger partial charge on any atom is -0.373 e. The molecule has 0 saturated heterocycles. The van der Waals surface area contributed by atoms with Crippen molar-refractivity contribution in [1.29, 1.82) is 0 Å². The number of nitrogens with zero attached hydrogens (tertiary/aromatic N) is 2. The Kier molecular flexibility index (Phi) is 7.97. The summed E-state index contributed by atoms with van der Waals surface area (Å²) in [5, 5.41) is 5.86. The van der Waals surface area contributed by atoms with Gasteiger partial charge >= 0.3 is 6.18 Å². The van der Waals surface area contributed by atoms with Crippen LogP contribution in [0.3, 0.4) is 0 Å². The van der Waals surface area contributed by atoms with E-state index in [4.69, 9.17) is 4.74 Å². The van der Waals surface area contributed by atoms with Crippen LogP contribution in [0.25, 0.3) is 0 Å². The molecule has 7 nitrogen and oxygen atoms in total. The Balaban J connectivity index is 1.59. The maximum absolute atomic E-state index is 13.3. The van der Waals surface area contributed by atoms with E-state index in [0.717, 1.165) is 17.8 Å². The molecule has 0 aliphatic carbocycles. The maximum atomic E-state index is 13.3. The van der Waals surface area contributed by atoms with Crippen LogP contribution in [0, 0.1) is 0 Å². The monoisotopic (exact) mass is 514 g/mol. The summed E-state index contributed by atoms with van der Waals surface area (Å²) in [5.74, 6) is -0.806. The Bertz CT molecular complexity index is 1260. The number of hydrogen-bond donors (Lipinski definition) is 2. The van der Waals surface area contributed by atoms with Crippen LogP contribution >= 0.6 is 0 Å². The molecule has 1 aliphatic rings. The van der Waals surface area contributed by atoms with Crippen LogP contribution in [0.5, 0.6) is 0 Å². The molecular weight excluding hydrogens is 485 g/mol. The molecule has 0 bridgehead atoms. The van der Waals surface area contributed by atoms with Gasteiger partial charge in [0.1, 0.15) is 5.69 Å². The van der Waals surface area contributed by atoms with E-state index in [-0.39, 0.29) is 29.8 Å². The molecule has 3 heterocycles. The highest BCUT2D eigenvalue weighted by atomic mass is 19.4. The normalized spacial score (nSPS) is 14.9. The molecule has 37 heavy (non-hydrogen) atoms. The third-order valence-corrected chi connectivity index (χ3v) is 6.50. The van der Waals surface area contributed by atoms with E-state index < -0.39 is 23.7 Å². The van der Waals surface area contributed by atoms with E-state index in [1.807, 2.05) is 37.3 Å². The molecule has 0 spiro atoms. The third-order valence-electron chi connectivity index (χ3n) is 6.50. The standard InChI is InChI=1S/C27H29F3N4O3/c1-3-21(17-8-6-5-7-9-17)32-25(35)20-13-23(34-10-11-37-16-24(20)34)26(36)33-22(4-2)18-12-19(15-31-14-18)27(28,29)30/h5-9,12-15,21-22H,3-4,10-11,16H2,1-2H3,(H,32,35)(H,33,36)/t21-,22-/m1/s1. The lowest BCUT2D eigenvalue weighted by Gasteiger charge is -2.22. The van der Waals surface area contributed by atoms with Crippen LogP contribution in [0.4, 0.5) is 13.2 Å². The second kappa shape index (κ2) is 11.2. The van der Waals surface area contributed by atoms with Crippen LogP contribution in [0.15, 0.2) is 54.9 Å². The second-order valence-electron chi connectivity index (χ2n) is 8.88. The summed E-state index contributed by atoms with van der Waals surface area (Å²) in [6.45, 7) is 4.66. The summed E-state index contributed by atoms with van der Waals surface area (Å²) in [4.78, 5) is 30.3. The van der Waals surface area contributed by atoms with E-state index in [1.54, 1.807) is 11.5 Å². The number of alkyl halides is 3. The lowest BCUT2D eigenvalue weighted by Crippen LogP contribution is -2.32. The zero-order valence-electron chi connectivity index (χ0n) is 20.6. The van der Waals surface area contributed by atoms with Crippen LogP contribution in [0.2, 0.25) is 0 Å². The number of pyridine rings is 1. The van der Waals surface area contributed by atoms with Crippen LogP contribution < -0.4 is 10.6 Å². The van der Waals surface area contributed by atoms with Crippen molar-refractivity contribution in [2.45, 2.75) is 58.1 Å². The highest BCUT2D eigenvalue weighted by Crippen LogP contribution is 2.31. The average molecular weight is 515 g/mol. The zero-order valence-corrected chi connectivity index (χ0v) is 20.6. The predicted octanol–water partition coefficient (Wildman–Crippen LogP) is 5.19. The Hall–Kier alpha value is -3.66. The maximum Gasteiger partial charge on any atom is 0.417 e. The van der Waals surface area contributed by atoms with Gasteiger partial charge in [0.2, 0.25) is 0 Å². The highest BCUT2D eigenvalue weighted by Gasteiger charge is 2.32. The van der Waals surface area contributed by atoms with Gasteiger partial charge in [0.15, 0.2) is 0 Å². The minimum absolute atomic E-state index is 0.174. The van der Waals surface area contributed by atoms with Crippen LogP contribution in [-0.4, -0.2) is 28.0 Å². The quantitative estimate of drug-likeness (QED) is 0.433. The summed E-state index contributed by atoms with van der Waals surface area (Å²) in [6, 6.07) is 11.2. The Morgan fingerprint density at radius 1 is 1.00 bits per heavy atom. The van der Waals surface area contributed by atoms with Gasteiger partial charge in [-0.05, 0) is 36.1 Å². The molecule has 1 aliphatic heterocycles. The van der Waals surface area contributed by atoms with Crippen molar-refractivity contribution >= 4 is 11.8 Å². The fraction of sp³-hybridized carbons (Fsp3) is 0.370. The minimum atomic E-state index is -4.54. The number of hydrogen-bond acceptors (Lipinski definition) is 4. The fourth-order valence-corrected chi connectivity index (χ4v) is 4.51. The van der Waals surface area contributed by atoms with Crippen molar-refractivity contribution in [3.05, 3.63) is 88.5 Å².